The Labute approximate surface area is 174 Å². The van der Waals surface area contributed by atoms with Gasteiger partial charge in [0.1, 0.15) is 11.6 Å². The maximum absolute atomic E-state index is 12.2. The molecule has 3 N–H and O–H groups in total. The fourth-order valence-electron chi connectivity index (χ4n) is 2.90. The fourth-order valence-corrected chi connectivity index (χ4v) is 2.90. The third kappa shape index (κ3) is 4.57. The fraction of sp³-hybridized carbons (Fsp3) is 0.174. The summed E-state index contributed by atoms with van der Waals surface area (Å²) in [4.78, 5) is 16.6. The van der Waals surface area contributed by atoms with Gasteiger partial charge in [-0.1, -0.05) is 50.2 Å². The summed E-state index contributed by atoms with van der Waals surface area (Å²) in [6.07, 6.45) is 1.84. The maximum atomic E-state index is 12.2. The van der Waals surface area contributed by atoms with Crippen LogP contribution in [0.4, 0.5) is 27.8 Å². The van der Waals surface area contributed by atoms with Crippen LogP contribution in [-0.2, 0) is 5.41 Å². The molecule has 0 aliphatic carbocycles. The van der Waals surface area contributed by atoms with Gasteiger partial charge in [0.05, 0.1) is 0 Å². The first-order chi connectivity index (χ1) is 14.4. The summed E-state index contributed by atoms with van der Waals surface area (Å²) in [5.41, 5.74) is 1.35. The molecule has 2 amide bonds. The van der Waals surface area contributed by atoms with E-state index < -0.39 is 0 Å². The van der Waals surface area contributed by atoms with E-state index in [0.29, 0.717) is 17.3 Å². The molecule has 4 aromatic rings. The molecule has 0 fully saturated rings. The number of carbonyl (C=O) groups is 1. The van der Waals surface area contributed by atoms with Gasteiger partial charge >= 0.3 is 6.03 Å². The van der Waals surface area contributed by atoms with Crippen LogP contribution in [-0.4, -0.2) is 16.2 Å². The van der Waals surface area contributed by atoms with E-state index in [0.717, 1.165) is 22.3 Å². The van der Waals surface area contributed by atoms with Gasteiger partial charge in [-0.05, 0) is 35.7 Å². The molecule has 0 aliphatic rings. The normalized spacial score (nSPS) is 11.3. The lowest BCUT2D eigenvalue weighted by molar-refractivity contribution is 0.262. The van der Waals surface area contributed by atoms with Crippen LogP contribution in [0, 0.1) is 0 Å². The number of nitrogens with zero attached hydrogens (tertiary/aromatic N) is 2. The average Bonchev–Trinajstić information content (AvgIpc) is 3.18. The van der Waals surface area contributed by atoms with Gasteiger partial charge in [0.2, 0.25) is 0 Å². The van der Waals surface area contributed by atoms with Crippen molar-refractivity contribution in [3.8, 4) is 0 Å². The average molecular weight is 401 g/mol. The third-order valence-corrected chi connectivity index (χ3v) is 4.54. The largest absolute Gasteiger partial charge is 0.359 e. The van der Waals surface area contributed by atoms with Gasteiger partial charge in [0.15, 0.2) is 5.82 Å². The lowest BCUT2D eigenvalue weighted by Gasteiger charge is -2.12. The molecule has 0 unspecified atom stereocenters. The summed E-state index contributed by atoms with van der Waals surface area (Å²) >= 11 is 0. The Bertz CT molecular complexity index is 1180. The van der Waals surface area contributed by atoms with Gasteiger partial charge in [0, 0.05) is 34.4 Å². The van der Waals surface area contributed by atoms with E-state index in [1.54, 1.807) is 6.07 Å². The summed E-state index contributed by atoms with van der Waals surface area (Å²) in [5, 5.41) is 14.8. The Morgan fingerprint density at radius 2 is 1.57 bits per heavy atom. The van der Waals surface area contributed by atoms with Gasteiger partial charge in [-0.15, -0.1) is 0 Å². The molecule has 0 saturated carbocycles. The Kier molecular flexibility index (Phi) is 5.10. The highest BCUT2D eigenvalue weighted by Gasteiger charge is 2.20. The first kappa shape index (κ1) is 19.4. The molecule has 2 heterocycles. The van der Waals surface area contributed by atoms with Crippen LogP contribution < -0.4 is 16.0 Å². The minimum atomic E-state index is -0.388. The van der Waals surface area contributed by atoms with Crippen molar-refractivity contribution < 1.29 is 9.32 Å². The standard InChI is InChI=1S/C23H23N5O2/c1-23(2,3)19-13-21(28-30-19)27-22(29)26-18-10-8-17(9-11-18)25-20-12-15-6-4-5-7-16(15)14-24-20/h4-14H,1-3H3,(H,24,25)(H2,26,27,28,29). The number of carbonyl (C=O) groups excluding carboxylic acids is 1. The van der Waals surface area contributed by atoms with Crippen molar-refractivity contribution in [2.24, 2.45) is 0 Å². The Hall–Kier alpha value is -3.87. The van der Waals surface area contributed by atoms with E-state index in [1.807, 2.05) is 81.6 Å². The van der Waals surface area contributed by atoms with Gasteiger partial charge < -0.3 is 15.2 Å². The van der Waals surface area contributed by atoms with Crippen LogP contribution in [0.25, 0.3) is 10.8 Å². The molecule has 0 radical (unpaired) electrons. The Balaban J connectivity index is 1.37. The van der Waals surface area contributed by atoms with E-state index >= 15 is 0 Å². The van der Waals surface area contributed by atoms with E-state index in [1.165, 1.54) is 0 Å². The second-order valence-electron chi connectivity index (χ2n) is 8.02. The summed E-state index contributed by atoms with van der Waals surface area (Å²) in [5.74, 6) is 1.83. The van der Waals surface area contributed by atoms with Crippen molar-refractivity contribution in [2.45, 2.75) is 26.2 Å². The topological polar surface area (TPSA) is 92.1 Å². The summed E-state index contributed by atoms with van der Waals surface area (Å²) in [7, 11) is 0. The van der Waals surface area contributed by atoms with Crippen LogP contribution in [0.2, 0.25) is 0 Å². The molecule has 0 aliphatic heterocycles. The predicted octanol–water partition coefficient (Wildman–Crippen LogP) is 5.91. The summed E-state index contributed by atoms with van der Waals surface area (Å²) in [6.45, 7) is 6.04. The van der Waals surface area contributed by atoms with Crippen molar-refractivity contribution in [3.63, 3.8) is 0 Å². The third-order valence-electron chi connectivity index (χ3n) is 4.54. The molecule has 0 saturated heterocycles. The quantitative estimate of drug-likeness (QED) is 0.395. The molecule has 0 bridgehead atoms. The monoisotopic (exact) mass is 401 g/mol. The van der Waals surface area contributed by atoms with Crippen molar-refractivity contribution in [2.75, 3.05) is 16.0 Å². The number of hydrogen-bond acceptors (Lipinski definition) is 5. The second-order valence-corrected chi connectivity index (χ2v) is 8.02. The lowest BCUT2D eigenvalue weighted by Crippen LogP contribution is -2.19. The van der Waals surface area contributed by atoms with Crippen LogP contribution in [0.1, 0.15) is 26.5 Å². The van der Waals surface area contributed by atoms with E-state index in [2.05, 4.69) is 26.1 Å². The highest BCUT2D eigenvalue weighted by Crippen LogP contribution is 2.25. The molecule has 4 rings (SSSR count). The Morgan fingerprint density at radius 3 is 2.27 bits per heavy atom. The number of aromatic nitrogens is 2. The number of nitrogens with one attached hydrogen (secondary N) is 3. The van der Waals surface area contributed by atoms with Crippen LogP contribution in [0.15, 0.2) is 71.4 Å². The first-order valence-corrected chi connectivity index (χ1v) is 9.64. The zero-order chi connectivity index (χ0) is 21.1. The number of hydrogen-bond donors (Lipinski definition) is 3. The lowest BCUT2D eigenvalue weighted by atomic mass is 9.93. The number of pyridine rings is 1. The highest BCUT2D eigenvalue weighted by atomic mass is 16.5. The van der Waals surface area contributed by atoms with E-state index in [9.17, 15) is 4.79 Å². The van der Waals surface area contributed by atoms with Gasteiger partial charge in [-0.3, -0.25) is 5.32 Å². The number of rotatable bonds is 4. The zero-order valence-electron chi connectivity index (χ0n) is 17.1. The summed E-state index contributed by atoms with van der Waals surface area (Å²) < 4.78 is 5.27. The van der Waals surface area contributed by atoms with E-state index in [4.69, 9.17) is 4.52 Å². The molecule has 0 atom stereocenters. The molecule has 7 heteroatoms. The van der Waals surface area contributed by atoms with Gasteiger partial charge in [0.25, 0.3) is 0 Å². The first-order valence-electron chi connectivity index (χ1n) is 9.64. The van der Waals surface area contributed by atoms with Crippen LogP contribution in [0.5, 0.6) is 0 Å². The van der Waals surface area contributed by atoms with Crippen molar-refractivity contribution in [1.29, 1.82) is 0 Å². The van der Waals surface area contributed by atoms with Gasteiger partial charge in [-0.25, -0.2) is 9.78 Å². The Morgan fingerprint density at radius 1 is 0.867 bits per heavy atom. The van der Waals surface area contributed by atoms with E-state index in [-0.39, 0.29) is 11.4 Å². The minimum Gasteiger partial charge on any atom is -0.359 e. The van der Waals surface area contributed by atoms with Crippen molar-refractivity contribution >= 4 is 39.8 Å². The van der Waals surface area contributed by atoms with Gasteiger partial charge in [-0.2, -0.15) is 0 Å². The molecular weight excluding hydrogens is 378 g/mol. The highest BCUT2D eigenvalue weighted by molar-refractivity contribution is 5.99. The molecular formula is C23H23N5O2. The summed E-state index contributed by atoms with van der Waals surface area (Å²) in [6, 6.07) is 18.8. The molecule has 2 aromatic carbocycles. The van der Waals surface area contributed by atoms with Crippen molar-refractivity contribution in [1.82, 2.24) is 10.1 Å². The van der Waals surface area contributed by atoms with Crippen LogP contribution >= 0.6 is 0 Å². The number of anilines is 4. The number of amides is 2. The molecule has 2 aromatic heterocycles. The second kappa shape index (κ2) is 7.87. The number of urea groups is 1. The zero-order valence-corrected chi connectivity index (χ0v) is 17.1. The number of fused-ring (bicyclic) bond motifs is 1. The molecule has 152 valence electrons. The number of benzene rings is 2. The van der Waals surface area contributed by atoms with Crippen LogP contribution in [0.3, 0.4) is 0 Å². The molecule has 7 nitrogen and oxygen atoms in total. The maximum Gasteiger partial charge on any atom is 0.324 e. The van der Waals surface area contributed by atoms with Crippen molar-refractivity contribution in [3.05, 3.63) is 72.6 Å². The SMILES string of the molecule is CC(C)(C)c1cc(NC(=O)Nc2ccc(Nc3cc4ccccc4cn3)cc2)no1. The predicted molar refractivity (Wildman–Crippen MR) is 119 cm³/mol. The minimum absolute atomic E-state index is 0.174. The smallest absolute Gasteiger partial charge is 0.324 e. The molecule has 0 spiro atoms. The molecule has 30 heavy (non-hydrogen) atoms.